The summed E-state index contributed by atoms with van der Waals surface area (Å²) in [6.07, 6.45) is 1.38. The van der Waals surface area contributed by atoms with E-state index in [-0.39, 0.29) is 37.0 Å². The summed E-state index contributed by atoms with van der Waals surface area (Å²) in [5.41, 5.74) is 6.54. The lowest BCUT2D eigenvalue weighted by Gasteiger charge is -2.25. The molecule has 0 spiro atoms. The summed E-state index contributed by atoms with van der Waals surface area (Å²) in [6.45, 7) is 2.83. The van der Waals surface area contributed by atoms with Gasteiger partial charge in [-0.3, -0.25) is 9.59 Å². The number of nitrogens with zero attached hydrogens (tertiary/aromatic N) is 2. The van der Waals surface area contributed by atoms with Gasteiger partial charge < -0.3 is 21.7 Å². The van der Waals surface area contributed by atoms with Crippen LogP contribution in [0, 0.1) is 0 Å². The number of rotatable bonds is 7. The fourth-order valence-electron chi connectivity index (χ4n) is 4.17. The number of para-hydroxylation sites is 1. The summed E-state index contributed by atoms with van der Waals surface area (Å²) in [4.78, 5) is 34.4. The SMILES string of the molecule is CCc1cccc2c1=NC(CNC(=O)[C@@H]1C[C@@H](NC(=O)CN)CN1)(c1ccccc1)N=2. The van der Waals surface area contributed by atoms with Crippen molar-refractivity contribution >= 4 is 11.8 Å². The molecule has 0 aromatic heterocycles. The lowest BCUT2D eigenvalue weighted by molar-refractivity contribution is -0.123. The summed E-state index contributed by atoms with van der Waals surface area (Å²) in [5, 5.41) is 10.8. The average molecular weight is 421 g/mol. The number of amides is 2. The molecule has 8 heteroatoms. The van der Waals surface area contributed by atoms with E-state index in [1.54, 1.807) is 0 Å². The summed E-state index contributed by atoms with van der Waals surface area (Å²) in [7, 11) is 0. The third-order valence-electron chi connectivity index (χ3n) is 5.82. The molecule has 2 amide bonds. The van der Waals surface area contributed by atoms with Crippen molar-refractivity contribution in [2.45, 2.75) is 37.5 Å². The Labute approximate surface area is 181 Å². The predicted molar refractivity (Wildman–Crippen MR) is 117 cm³/mol. The van der Waals surface area contributed by atoms with Crippen LogP contribution in [0.1, 0.15) is 24.5 Å². The molecule has 2 aromatic carbocycles. The van der Waals surface area contributed by atoms with Gasteiger partial charge in [-0.25, -0.2) is 9.98 Å². The predicted octanol–water partition coefficient (Wildman–Crippen LogP) is -0.724. The van der Waals surface area contributed by atoms with Gasteiger partial charge in [-0.1, -0.05) is 49.4 Å². The van der Waals surface area contributed by atoms with Crippen LogP contribution in [0.5, 0.6) is 0 Å². The first-order chi connectivity index (χ1) is 15.0. The van der Waals surface area contributed by atoms with Crippen LogP contribution in [-0.2, 0) is 21.7 Å². The van der Waals surface area contributed by atoms with E-state index in [4.69, 9.17) is 15.7 Å². The molecule has 0 radical (unpaired) electrons. The molecule has 162 valence electrons. The van der Waals surface area contributed by atoms with E-state index in [1.165, 1.54) is 0 Å². The first kappa shape index (κ1) is 21.1. The Morgan fingerprint density at radius 2 is 1.97 bits per heavy atom. The largest absolute Gasteiger partial charge is 0.351 e. The van der Waals surface area contributed by atoms with Gasteiger partial charge in [0.05, 0.1) is 29.8 Å². The standard InChI is InChI=1S/C23H28N6O2/c1-2-15-7-6-10-18-21(15)29-23(28-18,16-8-4-3-5-9-16)14-26-22(31)19-11-17(13-25-19)27-20(30)12-24/h3-10,17,19,25H,2,11-14,24H2,1H3,(H,26,31)(H,27,30)/t17-,19+,23?/m1/s1. The number of fused-ring (bicyclic) bond motifs is 1. The Bertz CT molecular complexity index is 1090. The molecule has 2 aliphatic heterocycles. The minimum Gasteiger partial charge on any atom is -0.351 e. The molecule has 5 N–H and O–H groups in total. The highest BCUT2D eigenvalue weighted by molar-refractivity contribution is 5.83. The molecular weight excluding hydrogens is 392 g/mol. The van der Waals surface area contributed by atoms with Crippen LogP contribution in [0.25, 0.3) is 0 Å². The van der Waals surface area contributed by atoms with Crippen molar-refractivity contribution in [3.63, 3.8) is 0 Å². The summed E-state index contributed by atoms with van der Waals surface area (Å²) in [5.74, 6) is -0.346. The Morgan fingerprint density at radius 3 is 2.71 bits per heavy atom. The van der Waals surface area contributed by atoms with E-state index in [0.29, 0.717) is 13.0 Å². The van der Waals surface area contributed by atoms with Gasteiger partial charge in [0, 0.05) is 18.2 Å². The van der Waals surface area contributed by atoms with Crippen LogP contribution in [0.3, 0.4) is 0 Å². The molecule has 1 fully saturated rings. The Hall–Kier alpha value is -3.10. The van der Waals surface area contributed by atoms with Crippen molar-refractivity contribution in [1.82, 2.24) is 16.0 Å². The maximum atomic E-state index is 12.9. The minimum absolute atomic E-state index is 0.0593. The zero-order valence-corrected chi connectivity index (χ0v) is 17.6. The Morgan fingerprint density at radius 1 is 1.16 bits per heavy atom. The molecule has 0 saturated carbocycles. The lowest BCUT2D eigenvalue weighted by Crippen LogP contribution is -2.45. The zero-order chi connectivity index (χ0) is 21.8. The quantitative estimate of drug-likeness (QED) is 0.472. The van der Waals surface area contributed by atoms with Crippen molar-refractivity contribution in [1.29, 1.82) is 0 Å². The monoisotopic (exact) mass is 420 g/mol. The highest BCUT2D eigenvalue weighted by atomic mass is 16.2. The normalized spacial score (nSPS) is 24.1. The number of carbonyl (C=O) groups is 2. The molecule has 1 saturated heterocycles. The first-order valence-electron chi connectivity index (χ1n) is 10.7. The molecule has 31 heavy (non-hydrogen) atoms. The molecule has 8 nitrogen and oxygen atoms in total. The van der Waals surface area contributed by atoms with Crippen molar-refractivity contribution in [2.75, 3.05) is 19.6 Å². The lowest BCUT2D eigenvalue weighted by atomic mass is 10.0. The van der Waals surface area contributed by atoms with Crippen LogP contribution >= 0.6 is 0 Å². The number of aryl methyl sites for hydroxylation is 1. The highest BCUT2D eigenvalue weighted by Gasteiger charge is 2.36. The molecule has 0 aliphatic carbocycles. The Balaban J connectivity index is 1.54. The number of nitrogens with one attached hydrogen (secondary N) is 3. The number of carbonyl (C=O) groups excluding carboxylic acids is 2. The van der Waals surface area contributed by atoms with E-state index < -0.39 is 5.66 Å². The molecule has 3 atom stereocenters. The number of benzene rings is 2. The van der Waals surface area contributed by atoms with Crippen molar-refractivity contribution in [2.24, 2.45) is 15.7 Å². The molecule has 2 heterocycles. The van der Waals surface area contributed by atoms with E-state index >= 15 is 0 Å². The first-order valence-corrected chi connectivity index (χ1v) is 10.7. The van der Waals surface area contributed by atoms with Gasteiger partial charge in [0.25, 0.3) is 0 Å². The Kier molecular flexibility index (Phi) is 6.11. The molecule has 2 aliphatic rings. The van der Waals surface area contributed by atoms with Gasteiger partial charge in [-0.15, -0.1) is 0 Å². The fraction of sp³-hybridized carbons (Fsp3) is 0.391. The second-order valence-electron chi connectivity index (χ2n) is 7.93. The minimum atomic E-state index is -0.893. The van der Waals surface area contributed by atoms with Gasteiger partial charge in [-0.05, 0) is 24.5 Å². The summed E-state index contributed by atoms with van der Waals surface area (Å²) >= 11 is 0. The van der Waals surface area contributed by atoms with E-state index in [1.807, 2.05) is 42.5 Å². The topological polar surface area (TPSA) is 121 Å². The number of hydrogen-bond donors (Lipinski definition) is 4. The van der Waals surface area contributed by atoms with E-state index in [2.05, 4.69) is 28.9 Å². The number of nitrogens with two attached hydrogens (primary N) is 1. The highest BCUT2D eigenvalue weighted by Crippen LogP contribution is 2.28. The maximum Gasteiger partial charge on any atom is 0.237 e. The zero-order valence-electron chi connectivity index (χ0n) is 17.6. The fourth-order valence-corrected chi connectivity index (χ4v) is 4.17. The van der Waals surface area contributed by atoms with Crippen LogP contribution in [0.2, 0.25) is 0 Å². The summed E-state index contributed by atoms with van der Waals surface area (Å²) in [6, 6.07) is 15.4. The molecule has 1 unspecified atom stereocenters. The van der Waals surface area contributed by atoms with Gasteiger partial charge in [0.2, 0.25) is 11.8 Å². The smallest absolute Gasteiger partial charge is 0.237 e. The van der Waals surface area contributed by atoms with Crippen LogP contribution in [0.4, 0.5) is 0 Å². The maximum absolute atomic E-state index is 12.9. The van der Waals surface area contributed by atoms with Gasteiger partial charge in [-0.2, -0.15) is 0 Å². The van der Waals surface area contributed by atoms with Crippen molar-refractivity contribution in [3.05, 3.63) is 70.4 Å². The second-order valence-corrected chi connectivity index (χ2v) is 7.93. The summed E-state index contributed by atoms with van der Waals surface area (Å²) < 4.78 is 0. The van der Waals surface area contributed by atoms with Gasteiger partial charge >= 0.3 is 0 Å². The molecule has 0 bridgehead atoms. The van der Waals surface area contributed by atoms with Crippen molar-refractivity contribution < 1.29 is 9.59 Å². The van der Waals surface area contributed by atoms with Crippen molar-refractivity contribution in [3.8, 4) is 0 Å². The molecular formula is C23H28N6O2. The van der Waals surface area contributed by atoms with E-state index in [9.17, 15) is 9.59 Å². The van der Waals surface area contributed by atoms with Gasteiger partial charge in [0.15, 0.2) is 5.66 Å². The van der Waals surface area contributed by atoms with Gasteiger partial charge in [0.1, 0.15) is 0 Å². The molecule has 4 rings (SSSR count). The van der Waals surface area contributed by atoms with Crippen LogP contribution in [0.15, 0.2) is 58.5 Å². The average Bonchev–Trinajstić information content (AvgIpc) is 3.43. The number of hydrogen-bond acceptors (Lipinski definition) is 6. The van der Waals surface area contributed by atoms with Crippen LogP contribution < -0.4 is 32.4 Å². The van der Waals surface area contributed by atoms with E-state index in [0.717, 1.165) is 28.3 Å². The van der Waals surface area contributed by atoms with Crippen LogP contribution in [-0.4, -0.2) is 43.5 Å². The third-order valence-corrected chi connectivity index (χ3v) is 5.82. The second kappa shape index (κ2) is 8.95. The molecule has 2 aromatic rings. The third kappa shape index (κ3) is 4.35.